The van der Waals surface area contributed by atoms with E-state index in [0.717, 1.165) is 37.7 Å². The van der Waals surface area contributed by atoms with Gasteiger partial charge in [-0.3, -0.25) is 0 Å². The van der Waals surface area contributed by atoms with Crippen molar-refractivity contribution in [2.24, 2.45) is 0 Å². The Kier molecular flexibility index (Phi) is 6.06. The van der Waals surface area contributed by atoms with E-state index in [-0.39, 0.29) is 5.70 Å². The Morgan fingerprint density at radius 1 is 1.12 bits per heavy atom. The van der Waals surface area contributed by atoms with E-state index in [2.05, 4.69) is 19.7 Å². The molecule has 2 rings (SSSR count). The number of esters is 2. The van der Waals surface area contributed by atoms with Crippen LogP contribution in [0, 0.1) is 0 Å². The van der Waals surface area contributed by atoms with Crippen molar-refractivity contribution in [2.75, 3.05) is 44.6 Å². The maximum Gasteiger partial charge on any atom is 0.354 e. The van der Waals surface area contributed by atoms with E-state index in [0.29, 0.717) is 11.4 Å². The SMILES string of the molecule is COC(=O)/C=C(/Nc1ccc(N2CCCC2)c(OC)c1)C(=O)OC. The van der Waals surface area contributed by atoms with Crippen LogP contribution in [0.2, 0.25) is 0 Å². The maximum absolute atomic E-state index is 11.8. The molecule has 1 heterocycles. The van der Waals surface area contributed by atoms with Gasteiger partial charge in [-0.25, -0.2) is 9.59 Å². The molecule has 0 atom stereocenters. The summed E-state index contributed by atoms with van der Waals surface area (Å²) in [6.45, 7) is 2.00. The number of ether oxygens (including phenoxy) is 3. The standard InChI is InChI=1S/C17H22N2O5/c1-22-15-10-12(6-7-14(15)19-8-4-5-9-19)18-13(17(21)24-3)11-16(20)23-2/h6-7,10-11,18H,4-5,8-9H2,1-3H3/b13-11+. The molecule has 0 saturated carbocycles. The molecule has 1 fully saturated rings. The Morgan fingerprint density at radius 3 is 2.42 bits per heavy atom. The van der Waals surface area contributed by atoms with Gasteiger partial charge in [0, 0.05) is 24.8 Å². The highest BCUT2D eigenvalue weighted by molar-refractivity contribution is 5.98. The lowest BCUT2D eigenvalue weighted by Crippen LogP contribution is -2.19. The van der Waals surface area contributed by atoms with E-state index in [4.69, 9.17) is 4.74 Å². The zero-order chi connectivity index (χ0) is 17.5. The van der Waals surface area contributed by atoms with Gasteiger partial charge in [0.05, 0.1) is 33.1 Å². The monoisotopic (exact) mass is 334 g/mol. The van der Waals surface area contributed by atoms with Crippen LogP contribution < -0.4 is 15.0 Å². The Hall–Kier alpha value is -2.70. The summed E-state index contributed by atoms with van der Waals surface area (Å²) in [5, 5.41) is 2.87. The van der Waals surface area contributed by atoms with Crippen molar-refractivity contribution in [2.45, 2.75) is 12.8 Å². The van der Waals surface area contributed by atoms with E-state index in [9.17, 15) is 9.59 Å². The average Bonchev–Trinajstić information content (AvgIpc) is 3.14. The van der Waals surface area contributed by atoms with Gasteiger partial charge >= 0.3 is 11.9 Å². The number of anilines is 2. The molecule has 24 heavy (non-hydrogen) atoms. The Balaban J connectivity index is 2.25. The lowest BCUT2D eigenvalue weighted by molar-refractivity contribution is -0.138. The molecule has 1 aromatic carbocycles. The number of benzene rings is 1. The van der Waals surface area contributed by atoms with Gasteiger partial charge in [0.1, 0.15) is 11.4 Å². The number of rotatable bonds is 6. The number of carbonyl (C=O) groups excluding carboxylic acids is 2. The topological polar surface area (TPSA) is 77.1 Å². The summed E-state index contributed by atoms with van der Waals surface area (Å²) in [7, 11) is 4.08. The van der Waals surface area contributed by atoms with Crippen LogP contribution in [0.1, 0.15) is 12.8 Å². The number of nitrogens with one attached hydrogen (secondary N) is 1. The van der Waals surface area contributed by atoms with Crippen molar-refractivity contribution >= 4 is 23.3 Å². The second-order valence-corrected chi connectivity index (χ2v) is 5.28. The van der Waals surface area contributed by atoms with Crippen LogP contribution in [-0.4, -0.2) is 46.4 Å². The molecule has 0 unspecified atom stereocenters. The molecule has 0 bridgehead atoms. The fourth-order valence-corrected chi connectivity index (χ4v) is 2.56. The van der Waals surface area contributed by atoms with Crippen LogP contribution in [0.25, 0.3) is 0 Å². The lowest BCUT2D eigenvalue weighted by Gasteiger charge is -2.21. The summed E-state index contributed by atoms with van der Waals surface area (Å²) in [6, 6.07) is 5.53. The Morgan fingerprint density at radius 2 is 1.83 bits per heavy atom. The first-order valence-corrected chi connectivity index (χ1v) is 7.67. The summed E-state index contributed by atoms with van der Waals surface area (Å²) in [5.41, 5.74) is 1.60. The summed E-state index contributed by atoms with van der Waals surface area (Å²) < 4.78 is 14.7. The first kappa shape index (κ1) is 17.7. The summed E-state index contributed by atoms with van der Waals surface area (Å²) in [5.74, 6) is -0.615. The molecule has 0 spiro atoms. The van der Waals surface area contributed by atoms with E-state index in [1.807, 2.05) is 12.1 Å². The molecule has 7 nitrogen and oxygen atoms in total. The van der Waals surface area contributed by atoms with Crippen molar-refractivity contribution in [1.29, 1.82) is 0 Å². The minimum atomic E-state index is -0.664. The van der Waals surface area contributed by atoms with Crippen LogP contribution in [0.4, 0.5) is 11.4 Å². The lowest BCUT2D eigenvalue weighted by atomic mass is 10.2. The van der Waals surface area contributed by atoms with Gasteiger partial charge in [0.2, 0.25) is 0 Å². The highest BCUT2D eigenvalue weighted by Gasteiger charge is 2.18. The molecule has 1 aromatic rings. The maximum atomic E-state index is 11.8. The zero-order valence-electron chi connectivity index (χ0n) is 14.1. The number of carbonyl (C=O) groups is 2. The highest BCUT2D eigenvalue weighted by Crippen LogP contribution is 2.33. The average molecular weight is 334 g/mol. The Labute approximate surface area is 141 Å². The minimum absolute atomic E-state index is 0.0136. The molecule has 7 heteroatoms. The van der Waals surface area contributed by atoms with E-state index in [1.54, 1.807) is 13.2 Å². The second-order valence-electron chi connectivity index (χ2n) is 5.28. The second kappa shape index (κ2) is 8.24. The van der Waals surface area contributed by atoms with Gasteiger partial charge < -0.3 is 24.4 Å². The first-order valence-electron chi connectivity index (χ1n) is 7.67. The van der Waals surface area contributed by atoms with Crippen LogP contribution >= 0.6 is 0 Å². The summed E-state index contributed by atoms with van der Waals surface area (Å²) >= 11 is 0. The molecule has 1 aliphatic rings. The van der Waals surface area contributed by atoms with Gasteiger partial charge in [-0.05, 0) is 25.0 Å². The minimum Gasteiger partial charge on any atom is -0.495 e. The first-order chi connectivity index (χ1) is 11.6. The third-order valence-electron chi connectivity index (χ3n) is 3.77. The molecule has 1 N–H and O–H groups in total. The summed E-state index contributed by atoms with van der Waals surface area (Å²) in [4.78, 5) is 25.5. The van der Waals surface area contributed by atoms with Gasteiger partial charge in [0.25, 0.3) is 0 Å². The molecule has 0 aliphatic carbocycles. The quantitative estimate of drug-likeness (QED) is 0.629. The van der Waals surface area contributed by atoms with Gasteiger partial charge in [-0.1, -0.05) is 0 Å². The van der Waals surface area contributed by atoms with Crippen LogP contribution in [-0.2, 0) is 19.1 Å². The number of hydrogen-bond donors (Lipinski definition) is 1. The molecule has 0 aromatic heterocycles. The van der Waals surface area contributed by atoms with Crippen molar-refractivity contribution < 1.29 is 23.8 Å². The van der Waals surface area contributed by atoms with E-state index < -0.39 is 11.9 Å². The highest BCUT2D eigenvalue weighted by atomic mass is 16.5. The third-order valence-corrected chi connectivity index (χ3v) is 3.77. The van der Waals surface area contributed by atoms with Crippen LogP contribution in [0.15, 0.2) is 30.0 Å². The normalized spacial score (nSPS) is 14.3. The largest absolute Gasteiger partial charge is 0.495 e. The van der Waals surface area contributed by atoms with Crippen LogP contribution in [0.3, 0.4) is 0 Å². The number of nitrogens with zero attached hydrogens (tertiary/aromatic N) is 1. The molecule has 0 radical (unpaired) electrons. The smallest absolute Gasteiger partial charge is 0.354 e. The predicted octanol–water partition coefficient (Wildman–Crippen LogP) is 1.94. The predicted molar refractivity (Wildman–Crippen MR) is 90.2 cm³/mol. The molecule has 1 saturated heterocycles. The van der Waals surface area contributed by atoms with Gasteiger partial charge in [-0.15, -0.1) is 0 Å². The molecule has 1 aliphatic heterocycles. The van der Waals surface area contributed by atoms with Crippen LogP contribution in [0.5, 0.6) is 5.75 Å². The number of hydrogen-bond acceptors (Lipinski definition) is 7. The number of methoxy groups -OCH3 is 3. The summed E-state index contributed by atoms with van der Waals surface area (Å²) in [6.07, 6.45) is 3.38. The van der Waals surface area contributed by atoms with E-state index >= 15 is 0 Å². The molecular weight excluding hydrogens is 312 g/mol. The molecule has 130 valence electrons. The van der Waals surface area contributed by atoms with Crippen molar-refractivity contribution in [3.63, 3.8) is 0 Å². The molecular formula is C17H22N2O5. The fourth-order valence-electron chi connectivity index (χ4n) is 2.56. The fraction of sp³-hybridized carbons (Fsp3) is 0.412. The Bertz CT molecular complexity index is 636. The van der Waals surface area contributed by atoms with Gasteiger partial charge in [0.15, 0.2) is 0 Å². The van der Waals surface area contributed by atoms with Gasteiger partial charge in [-0.2, -0.15) is 0 Å². The third kappa shape index (κ3) is 4.18. The van der Waals surface area contributed by atoms with Crippen molar-refractivity contribution in [3.8, 4) is 5.75 Å². The van der Waals surface area contributed by atoms with Crippen molar-refractivity contribution in [1.82, 2.24) is 0 Å². The molecule has 0 amide bonds. The van der Waals surface area contributed by atoms with Crippen molar-refractivity contribution in [3.05, 3.63) is 30.0 Å². The zero-order valence-corrected chi connectivity index (χ0v) is 14.1. The van der Waals surface area contributed by atoms with E-state index in [1.165, 1.54) is 14.2 Å².